The van der Waals surface area contributed by atoms with E-state index in [2.05, 4.69) is 0 Å². The van der Waals surface area contributed by atoms with E-state index in [1.807, 2.05) is 0 Å². The summed E-state index contributed by atoms with van der Waals surface area (Å²) in [6, 6.07) is 2.85. The quantitative estimate of drug-likeness (QED) is 0.538. The van der Waals surface area contributed by atoms with Crippen molar-refractivity contribution >= 4 is 11.9 Å². The van der Waals surface area contributed by atoms with Gasteiger partial charge in [-0.3, -0.25) is 0 Å². The van der Waals surface area contributed by atoms with E-state index in [1.54, 1.807) is 6.92 Å². The van der Waals surface area contributed by atoms with Gasteiger partial charge in [-0.1, -0.05) is 31.0 Å². The number of rotatable bonds is 6. The maximum Gasteiger partial charge on any atom is 0.408 e. The monoisotopic (exact) mass is 351 g/mol. The summed E-state index contributed by atoms with van der Waals surface area (Å²) < 4.78 is 60.3. The number of hydrogen-bond acceptors (Lipinski definition) is 3. The molecule has 0 amide bonds. The van der Waals surface area contributed by atoms with Crippen LogP contribution in [-0.2, 0) is 4.74 Å². The summed E-state index contributed by atoms with van der Waals surface area (Å²) in [6.45, 7) is 3.32. The van der Waals surface area contributed by atoms with E-state index in [4.69, 9.17) is 4.74 Å². The van der Waals surface area contributed by atoms with E-state index in [9.17, 15) is 17.6 Å². The largest absolute Gasteiger partial charge is 0.408 e. The minimum absolute atomic E-state index is 0.0697. The molecule has 7 heteroatoms. The topological polar surface area (TPSA) is 12.5 Å². The predicted octanol–water partition coefficient (Wildman–Crippen LogP) is 4.83. The highest BCUT2D eigenvalue weighted by Gasteiger charge is 2.44. The van der Waals surface area contributed by atoms with Crippen LogP contribution in [0.3, 0.4) is 0 Å². The molecule has 2 nitrogen and oxygen atoms in total. The van der Waals surface area contributed by atoms with Crippen LogP contribution < -0.4 is 0 Å². The number of benzene rings is 1. The van der Waals surface area contributed by atoms with Crippen LogP contribution in [0.15, 0.2) is 24.3 Å². The number of nitrogens with zero attached hydrogens (tertiary/aromatic N) is 1. The van der Waals surface area contributed by atoms with Crippen molar-refractivity contribution in [3.8, 4) is 0 Å². The third kappa shape index (κ3) is 5.36. The smallest absolute Gasteiger partial charge is 0.381 e. The number of ether oxygens (including phenoxy) is 1. The summed E-state index contributed by atoms with van der Waals surface area (Å²) in [5, 5.41) is 0. The lowest BCUT2D eigenvalue weighted by Gasteiger charge is -2.33. The summed E-state index contributed by atoms with van der Waals surface area (Å²) in [5.41, 5.74) is 0.0697. The molecular weight excluding hydrogens is 330 g/mol. The first-order valence-corrected chi connectivity index (χ1v) is 8.65. The van der Waals surface area contributed by atoms with Crippen LogP contribution in [0.4, 0.5) is 17.6 Å². The van der Waals surface area contributed by atoms with Crippen LogP contribution in [-0.4, -0.2) is 36.0 Å². The Balaban J connectivity index is 2.09. The second-order valence-corrected chi connectivity index (χ2v) is 6.64. The first-order chi connectivity index (χ1) is 10.9. The summed E-state index contributed by atoms with van der Waals surface area (Å²) in [7, 11) is 0. The molecule has 0 aromatic heterocycles. The molecule has 0 spiro atoms. The first-order valence-electron chi connectivity index (χ1n) is 7.71. The van der Waals surface area contributed by atoms with Crippen LogP contribution in [0.5, 0.6) is 0 Å². The zero-order valence-corrected chi connectivity index (χ0v) is 13.8. The lowest BCUT2D eigenvalue weighted by Crippen LogP contribution is -2.35. The minimum Gasteiger partial charge on any atom is -0.381 e. The molecule has 0 N–H and O–H groups in total. The van der Waals surface area contributed by atoms with Crippen LogP contribution in [0, 0.1) is 11.7 Å². The molecule has 2 rings (SSSR count). The van der Waals surface area contributed by atoms with Crippen LogP contribution in [0.1, 0.15) is 31.4 Å². The molecule has 1 aromatic carbocycles. The average Bonchev–Trinajstić information content (AvgIpc) is 2.52. The molecule has 1 aromatic rings. The third-order valence-electron chi connectivity index (χ3n) is 3.91. The average molecular weight is 351 g/mol. The fourth-order valence-corrected chi connectivity index (χ4v) is 3.93. The highest BCUT2D eigenvalue weighted by Crippen LogP contribution is 2.41. The predicted molar refractivity (Wildman–Crippen MR) is 83.6 cm³/mol. The zero-order chi connectivity index (χ0) is 16.9. The van der Waals surface area contributed by atoms with E-state index < -0.39 is 18.0 Å². The number of alkyl halides is 3. The van der Waals surface area contributed by atoms with Crippen molar-refractivity contribution in [1.29, 1.82) is 0 Å². The molecule has 0 aliphatic carbocycles. The van der Waals surface area contributed by atoms with Gasteiger partial charge in [0.15, 0.2) is 0 Å². The Morgan fingerprint density at radius 2 is 1.83 bits per heavy atom. The Kier molecular flexibility index (Phi) is 6.73. The fourth-order valence-electron chi connectivity index (χ4n) is 2.63. The highest BCUT2D eigenvalue weighted by molar-refractivity contribution is 7.97. The van der Waals surface area contributed by atoms with Crippen molar-refractivity contribution in [3.63, 3.8) is 0 Å². The molecule has 1 fully saturated rings. The lowest BCUT2D eigenvalue weighted by atomic mass is 10.0. The Morgan fingerprint density at radius 1 is 1.22 bits per heavy atom. The van der Waals surface area contributed by atoms with Gasteiger partial charge in [-0.2, -0.15) is 13.2 Å². The molecule has 1 heterocycles. The summed E-state index contributed by atoms with van der Waals surface area (Å²) in [5.74, 6) is 0.489. The Morgan fingerprint density at radius 3 is 2.35 bits per heavy atom. The molecule has 1 unspecified atom stereocenters. The molecule has 1 aliphatic heterocycles. The number of halogens is 4. The molecule has 0 radical (unpaired) electrons. The minimum atomic E-state index is -4.41. The van der Waals surface area contributed by atoms with Gasteiger partial charge in [-0.05, 0) is 36.5 Å². The Labute approximate surface area is 138 Å². The third-order valence-corrected chi connectivity index (χ3v) is 5.33. The summed E-state index contributed by atoms with van der Waals surface area (Å²) in [4.78, 5) is 0. The number of hydrogen-bond donors (Lipinski definition) is 0. The SMILES string of the molecule is CCN(SCC1CCOCC1)C(c1ccc(F)cc1)C(F)(F)F. The molecule has 1 aliphatic rings. The van der Waals surface area contributed by atoms with E-state index >= 15 is 0 Å². The van der Waals surface area contributed by atoms with E-state index in [-0.39, 0.29) is 12.1 Å². The summed E-state index contributed by atoms with van der Waals surface area (Å²) in [6.07, 6.45) is -2.63. The second-order valence-electron chi connectivity index (χ2n) is 5.58. The lowest BCUT2D eigenvalue weighted by molar-refractivity contribution is -0.172. The van der Waals surface area contributed by atoms with Crippen molar-refractivity contribution in [1.82, 2.24) is 4.31 Å². The highest BCUT2D eigenvalue weighted by atomic mass is 32.2. The maximum absolute atomic E-state index is 13.5. The van der Waals surface area contributed by atoms with Gasteiger partial charge in [-0.15, -0.1) is 0 Å². The van der Waals surface area contributed by atoms with Gasteiger partial charge < -0.3 is 4.74 Å². The second kappa shape index (κ2) is 8.35. The molecule has 23 heavy (non-hydrogen) atoms. The normalized spacial score (nSPS) is 18.3. The molecule has 1 atom stereocenters. The van der Waals surface area contributed by atoms with Crippen molar-refractivity contribution in [3.05, 3.63) is 35.6 Å². The Hall–Kier alpha value is -0.790. The Bertz CT molecular complexity index is 474. The van der Waals surface area contributed by atoms with E-state index in [0.29, 0.717) is 24.9 Å². The van der Waals surface area contributed by atoms with Crippen LogP contribution in [0.2, 0.25) is 0 Å². The van der Waals surface area contributed by atoms with Gasteiger partial charge in [0.05, 0.1) is 0 Å². The van der Waals surface area contributed by atoms with Crippen molar-refractivity contribution in [2.75, 3.05) is 25.5 Å². The summed E-state index contributed by atoms with van der Waals surface area (Å²) >= 11 is 1.23. The zero-order valence-electron chi connectivity index (χ0n) is 13.0. The maximum atomic E-state index is 13.5. The molecular formula is C16H21F4NOS. The van der Waals surface area contributed by atoms with Crippen molar-refractivity contribution in [2.24, 2.45) is 5.92 Å². The molecule has 1 saturated heterocycles. The van der Waals surface area contributed by atoms with Gasteiger partial charge >= 0.3 is 6.18 Å². The van der Waals surface area contributed by atoms with Crippen LogP contribution in [0.25, 0.3) is 0 Å². The van der Waals surface area contributed by atoms with Gasteiger partial charge in [0.1, 0.15) is 11.9 Å². The molecule has 130 valence electrons. The van der Waals surface area contributed by atoms with E-state index in [0.717, 1.165) is 25.0 Å². The first kappa shape index (κ1) is 18.5. The van der Waals surface area contributed by atoms with Crippen molar-refractivity contribution < 1.29 is 22.3 Å². The fraction of sp³-hybridized carbons (Fsp3) is 0.625. The molecule has 0 bridgehead atoms. The molecule has 0 saturated carbocycles. The van der Waals surface area contributed by atoms with Gasteiger partial charge in [0.2, 0.25) is 0 Å². The van der Waals surface area contributed by atoms with Gasteiger partial charge in [-0.25, -0.2) is 8.70 Å². The van der Waals surface area contributed by atoms with Gasteiger partial charge in [0.25, 0.3) is 0 Å². The van der Waals surface area contributed by atoms with E-state index in [1.165, 1.54) is 28.4 Å². The van der Waals surface area contributed by atoms with Crippen molar-refractivity contribution in [2.45, 2.75) is 32.0 Å². The standard InChI is InChI=1S/C16H21F4NOS/c1-2-21(23-11-12-7-9-22-10-8-12)15(16(18,19)20)13-3-5-14(17)6-4-13/h3-6,12,15H,2,7-11H2,1H3. The van der Waals surface area contributed by atoms with Gasteiger partial charge in [0, 0.05) is 25.5 Å². The van der Waals surface area contributed by atoms with Crippen LogP contribution >= 0.6 is 11.9 Å².